The molecule has 3 aromatic heterocycles. The number of hydrogen-bond donors (Lipinski definition) is 2. The molecule has 8 heteroatoms. The maximum atomic E-state index is 9.64. The monoisotopic (exact) mass is 446 g/mol. The van der Waals surface area contributed by atoms with Crippen LogP contribution in [0.15, 0.2) is 43.0 Å². The lowest BCUT2D eigenvalue weighted by molar-refractivity contribution is 0.0223. The number of benzene rings is 1. The number of nitrogens with zero attached hydrogens (tertiary/aromatic N) is 5. The maximum absolute atomic E-state index is 9.64. The van der Waals surface area contributed by atoms with E-state index >= 15 is 0 Å². The lowest BCUT2D eigenvalue weighted by Gasteiger charge is -2.50. The number of hydrogen-bond acceptors (Lipinski definition) is 6. The van der Waals surface area contributed by atoms with Crippen LogP contribution in [0.3, 0.4) is 0 Å². The van der Waals surface area contributed by atoms with Crippen LogP contribution < -0.4 is 4.74 Å². The van der Waals surface area contributed by atoms with Crippen LogP contribution in [0.4, 0.5) is 0 Å². The van der Waals surface area contributed by atoms with E-state index in [1.54, 1.807) is 6.33 Å². The highest BCUT2D eigenvalue weighted by Gasteiger charge is 2.44. The fourth-order valence-corrected chi connectivity index (χ4v) is 4.73. The normalized spacial score (nSPS) is 15.2. The molecule has 4 aromatic rings. The van der Waals surface area contributed by atoms with E-state index in [2.05, 4.69) is 55.7 Å². The van der Waals surface area contributed by atoms with Crippen LogP contribution in [-0.4, -0.2) is 62.4 Å². The van der Waals surface area contributed by atoms with Crippen LogP contribution in [0.2, 0.25) is 0 Å². The second-order valence-electron chi connectivity index (χ2n) is 8.58. The van der Waals surface area contributed by atoms with Crippen molar-refractivity contribution in [2.75, 3.05) is 26.7 Å². The van der Waals surface area contributed by atoms with Crippen molar-refractivity contribution in [1.29, 1.82) is 5.26 Å². The number of aliphatic hydroxyl groups excluding tert-OH is 1. The highest BCUT2D eigenvalue weighted by atomic mass is 16.5. The standard InChI is InChI=1S/C24H26N6O.CH4O/c1-4-29-13-24(14-29,8-9-25)30-12-20(22-19-7-10-26-23(19)28-15-27-22)18-6-5-17(11-21(18)30)31-16(2)3;1-2/h5-7,10-12,15-16H,4,8,13-14H2,1-3H3,(H,26,27,28);2H,1H3. The second kappa shape index (κ2) is 9.22. The molecule has 0 radical (unpaired) electrons. The first kappa shape index (κ1) is 22.8. The van der Waals surface area contributed by atoms with Crippen LogP contribution >= 0.6 is 0 Å². The highest BCUT2D eigenvalue weighted by Crippen LogP contribution is 2.41. The molecule has 1 saturated heterocycles. The minimum absolute atomic E-state index is 0.0917. The Morgan fingerprint density at radius 3 is 2.70 bits per heavy atom. The Morgan fingerprint density at radius 2 is 2.00 bits per heavy atom. The Bertz CT molecular complexity index is 1290. The van der Waals surface area contributed by atoms with E-state index in [1.165, 1.54) is 0 Å². The summed E-state index contributed by atoms with van der Waals surface area (Å²) in [5.74, 6) is 0.835. The SMILES string of the molecule is CCN1CC(CC#N)(n2cc(-c3ncnc4[nH]ccc34)c3ccc(OC(C)C)cc32)C1.CO. The molecule has 5 rings (SSSR count). The molecular formula is C25H30N6O2. The van der Waals surface area contributed by atoms with Gasteiger partial charge >= 0.3 is 0 Å². The first-order chi connectivity index (χ1) is 16.0. The molecule has 8 nitrogen and oxygen atoms in total. The van der Waals surface area contributed by atoms with E-state index in [-0.39, 0.29) is 11.6 Å². The molecule has 1 aromatic carbocycles. The average molecular weight is 447 g/mol. The number of likely N-dealkylation sites (tertiary alicyclic amines) is 1. The molecule has 33 heavy (non-hydrogen) atoms. The fraction of sp³-hybridized carbons (Fsp3) is 0.400. The lowest BCUT2D eigenvalue weighted by Crippen LogP contribution is -2.62. The van der Waals surface area contributed by atoms with E-state index < -0.39 is 0 Å². The van der Waals surface area contributed by atoms with Gasteiger partial charge in [-0.25, -0.2) is 9.97 Å². The van der Waals surface area contributed by atoms with E-state index in [4.69, 9.17) is 9.84 Å². The third-order valence-corrected chi connectivity index (χ3v) is 6.16. The van der Waals surface area contributed by atoms with Crippen molar-refractivity contribution in [2.24, 2.45) is 0 Å². The molecular weight excluding hydrogens is 416 g/mol. The van der Waals surface area contributed by atoms with Crippen LogP contribution in [0, 0.1) is 11.3 Å². The molecule has 0 saturated carbocycles. The van der Waals surface area contributed by atoms with Crippen LogP contribution in [-0.2, 0) is 5.54 Å². The van der Waals surface area contributed by atoms with Crippen molar-refractivity contribution in [2.45, 2.75) is 38.8 Å². The molecule has 1 aliphatic rings. The Hall–Kier alpha value is -3.41. The molecule has 0 atom stereocenters. The maximum Gasteiger partial charge on any atom is 0.141 e. The summed E-state index contributed by atoms with van der Waals surface area (Å²) < 4.78 is 8.29. The quantitative estimate of drug-likeness (QED) is 0.465. The second-order valence-corrected chi connectivity index (χ2v) is 8.58. The van der Waals surface area contributed by atoms with Gasteiger partial charge in [0.1, 0.15) is 17.7 Å². The zero-order chi connectivity index (χ0) is 23.6. The van der Waals surface area contributed by atoms with Gasteiger partial charge in [-0.3, -0.25) is 4.90 Å². The Balaban J connectivity index is 0.00000126. The van der Waals surface area contributed by atoms with Crippen LogP contribution in [0.5, 0.6) is 5.75 Å². The molecule has 172 valence electrons. The van der Waals surface area contributed by atoms with Gasteiger partial charge in [0.2, 0.25) is 0 Å². The molecule has 0 unspecified atom stereocenters. The van der Waals surface area contributed by atoms with Gasteiger partial charge in [-0.1, -0.05) is 6.92 Å². The molecule has 0 aliphatic carbocycles. The highest BCUT2D eigenvalue weighted by molar-refractivity contribution is 6.02. The Kier molecular flexibility index (Phi) is 6.36. The first-order valence-electron chi connectivity index (χ1n) is 11.2. The summed E-state index contributed by atoms with van der Waals surface area (Å²) in [5.41, 5.74) is 3.58. The third kappa shape index (κ3) is 3.94. The number of fused-ring (bicyclic) bond motifs is 2. The molecule has 0 amide bonds. The van der Waals surface area contributed by atoms with Crippen molar-refractivity contribution in [3.05, 3.63) is 43.0 Å². The van der Waals surface area contributed by atoms with Gasteiger partial charge in [-0.15, -0.1) is 0 Å². The predicted molar refractivity (Wildman–Crippen MR) is 129 cm³/mol. The smallest absolute Gasteiger partial charge is 0.141 e. The molecule has 0 bridgehead atoms. The summed E-state index contributed by atoms with van der Waals surface area (Å²) in [4.78, 5) is 14.5. The zero-order valence-electron chi connectivity index (χ0n) is 19.5. The number of aromatic amines is 1. The summed E-state index contributed by atoms with van der Waals surface area (Å²) in [6, 6.07) is 10.7. The van der Waals surface area contributed by atoms with Gasteiger partial charge in [-0.2, -0.15) is 5.26 Å². The average Bonchev–Trinajstić information content (AvgIpc) is 3.42. The van der Waals surface area contributed by atoms with E-state index in [0.717, 1.165) is 65.7 Å². The Morgan fingerprint density at radius 1 is 1.21 bits per heavy atom. The lowest BCUT2D eigenvalue weighted by atomic mass is 9.86. The minimum Gasteiger partial charge on any atom is -0.491 e. The van der Waals surface area contributed by atoms with E-state index in [1.807, 2.05) is 32.2 Å². The number of rotatable bonds is 6. The largest absolute Gasteiger partial charge is 0.491 e. The molecule has 0 spiro atoms. The van der Waals surface area contributed by atoms with Crippen LogP contribution in [0.25, 0.3) is 33.2 Å². The number of nitrogens with one attached hydrogen (secondary N) is 1. The third-order valence-electron chi connectivity index (χ3n) is 6.16. The van der Waals surface area contributed by atoms with Crippen molar-refractivity contribution in [1.82, 2.24) is 24.4 Å². The number of H-pyrrole nitrogens is 1. The minimum atomic E-state index is -0.248. The van der Waals surface area contributed by atoms with E-state index in [9.17, 15) is 5.26 Å². The molecule has 4 heterocycles. The number of aromatic nitrogens is 4. The van der Waals surface area contributed by atoms with E-state index in [0.29, 0.717) is 6.42 Å². The summed E-state index contributed by atoms with van der Waals surface area (Å²) >= 11 is 0. The predicted octanol–water partition coefficient (Wildman–Crippen LogP) is 3.92. The summed E-state index contributed by atoms with van der Waals surface area (Å²) in [7, 11) is 1.00. The first-order valence-corrected chi connectivity index (χ1v) is 11.2. The number of aliphatic hydroxyl groups is 1. The van der Waals surface area contributed by atoms with Crippen molar-refractivity contribution < 1.29 is 9.84 Å². The number of nitriles is 1. The molecule has 1 aliphatic heterocycles. The topological polar surface area (TPSA) is 103 Å². The summed E-state index contributed by atoms with van der Waals surface area (Å²) in [5, 5.41) is 18.7. The summed E-state index contributed by atoms with van der Waals surface area (Å²) in [6.45, 7) is 8.92. The summed E-state index contributed by atoms with van der Waals surface area (Å²) in [6.07, 6.45) is 6.21. The molecule has 1 fully saturated rings. The van der Waals surface area contributed by atoms with Gasteiger partial charge in [0.25, 0.3) is 0 Å². The number of likely N-dealkylation sites (N-methyl/N-ethyl adjacent to an activating group) is 1. The van der Waals surface area contributed by atoms with Crippen molar-refractivity contribution in [3.8, 4) is 23.1 Å². The van der Waals surface area contributed by atoms with Gasteiger partial charge in [-0.05, 0) is 38.6 Å². The molecule has 2 N–H and O–H groups in total. The van der Waals surface area contributed by atoms with Crippen molar-refractivity contribution in [3.63, 3.8) is 0 Å². The van der Waals surface area contributed by atoms with Gasteiger partial charge in [0.05, 0.1) is 35.3 Å². The van der Waals surface area contributed by atoms with Crippen LogP contribution in [0.1, 0.15) is 27.2 Å². The van der Waals surface area contributed by atoms with Gasteiger partial charge in [0, 0.05) is 55.0 Å². The van der Waals surface area contributed by atoms with Crippen molar-refractivity contribution >= 4 is 21.9 Å². The Labute approximate surface area is 193 Å². The number of ether oxygens (including phenoxy) is 1. The zero-order valence-corrected chi connectivity index (χ0v) is 19.5. The van der Waals surface area contributed by atoms with Gasteiger partial charge in [0.15, 0.2) is 0 Å². The van der Waals surface area contributed by atoms with Gasteiger partial charge < -0.3 is 19.4 Å². The fourth-order valence-electron chi connectivity index (χ4n) is 4.73.